The summed E-state index contributed by atoms with van der Waals surface area (Å²) in [5.74, 6) is 0.929. The van der Waals surface area contributed by atoms with E-state index in [2.05, 4.69) is 20.7 Å². The normalized spacial score (nSPS) is 15.1. The van der Waals surface area contributed by atoms with Gasteiger partial charge in [-0.1, -0.05) is 30.3 Å². The maximum Gasteiger partial charge on any atom is 0.276 e. The number of piperidine rings is 1. The van der Waals surface area contributed by atoms with Crippen LogP contribution in [-0.2, 0) is 7.05 Å². The van der Waals surface area contributed by atoms with Crippen molar-refractivity contribution in [3.05, 3.63) is 52.5 Å². The van der Waals surface area contributed by atoms with E-state index in [1.807, 2.05) is 48.8 Å². The average Bonchev–Trinajstić information content (AvgIpc) is 3.31. The number of anilines is 1. The summed E-state index contributed by atoms with van der Waals surface area (Å²) in [4.78, 5) is 17.2. The van der Waals surface area contributed by atoms with E-state index in [1.165, 1.54) is 0 Å². The first-order chi connectivity index (χ1) is 12.7. The summed E-state index contributed by atoms with van der Waals surface area (Å²) in [5.41, 5.74) is 2.33. The molecule has 0 saturated carbocycles. The molecule has 0 bridgehead atoms. The highest BCUT2D eigenvalue weighted by Crippen LogP contribution is 2.28. The number of amides is 1. The first kappa shape index (κ1) is 16.9. The van der Waals surface area contributed by atoms with Gasteiger partial charge in [0.05, 0.1) is 10.7 Å². The molecule has 0 radical (unpaired) electrons. The number of nitrogens with zero attached hydrogens (tertiary/aromatic N) is 3. The number of thiazole rings is 1. The first-order valence-electron chi connectivity index (χ1n) is 8.77. The van der Waals surface area contributed by atoms with Crippen LogP contribution in [0, 0.1) is 0 Å². The van der Waals surface area contributed by atoms with E-state index < -0.39 is 0 Å². The standard InChI is InChI=1S/C19H21N5OS/c1-24-17(11-15(23-24)13-5-3-2-4-6-13)22-18(25)16-12-26-19(21-16)14-7-9-20-10-8-14/h2-6,11-12,14,20H,7-10H2,1H3,(H,22,25). The third-order valence-corrected chi connectivity index (χ3v) is 5.64. The van der Waals surface area contributed by atoms with Gasteiger partial charge in [-0.15, -0.1) is 11.3 Å². The van der Waals surface area contributed by atoms with Crippen molar-refractivity contribution in [3.8, 4) is 11.3 Å². The van der Waals surface area contributed by atoms with Crippen molar-refractivity contribution in [2.75, 3.05) is 18.4 Å². The Labute approximate surface area is 156 Å². The Morgan fingerprint density at radius 2 is 2.04 bits per heavy atom. The Bertz CT molecular complexity index is 896. The Morgan fingerprint density at radius 1 is 1.27 bits per heavy atom. The predicted octanol–water partition coefficient (Wildman–Crippen LogP) is 3.26. The van der Waals surface area contributed by atoms with Crippen molar-refractivity contribution in [3.63, 3.8) is 0 Å². The molecule has 0 unspecified atom stereocenters. The lowest BCUT2D eigenvalue weighted by Gasteiger charge is -2.20. The smallest absolute Gasteiger partial charge is 0.276 e. The number of rotatable bonds is 4. The molecule has 0 spiro atoms. The number of aryl methyl sites for hydroxylation is 1. The number of hydrogen-bond acceptors (Lipinski definition) is 5. The molecule has 3 aromatic rings. The van der Waals surface area contributed by atoms with E-state index in [4.69, 9.17) is 0 Å². The SMILES string of the molecule is Cn1nc(-c2ccccc2)cc1NC(=O)c1csc(C2CCNCC2)n1. The summed E-state index contributed by atoms with van der Waals surface area (Å²) in [6.07, 6.45) is 2.16. The van der Waals surface area contributed by atoms with E-state index >= 15 is 0 Å². The molecule has 4 rings (SSSR count). The van der Waals surface area contributed by atoms with E-state index in [0.29, 0.717) is 17.4 Å². The van der Waals surface area contributed by atoms with Gasteiger partial charge in [-0.2, -0.15) is 5.10 Å². The van der Waals surface area contributed by atoms with Gasteiger partial charge in [-0.25, -0.2) is 4.98 Å². The zero-order chi connectivity index (χ0) is 17.9. The molecule has 0 aliphatic carbocycles. The van der Waals surface area contributed by atoms with Gasteiger partial charge in [-0.05, 0) is 25.9 Å². The Kier molecular flexibility index (Phi) is 4.81. The zero-order valence-corrected chi connectivity index (χ0v) is 15.4. The number of carbonyl (C=O) groups is 1. The van der Waals surface area contributed by atoms with Crippen LogP contribution in [0.5, 0.6) is 0 Å². The summed E-state index contributed by atoms with van der Waals surface area (Å²) < 4.78 is 1.68. The highest BCUT2D eigenvalue weighted by molar-refractivity contribution is 7.09. The minimum absolute atomic E-state index is 0.191. The lowest BCUT2D eigenvalue weighted by Crippen LogP contribution is -2.26. The van der Waals surface area contributed by atoms with Gasteiger partial charge in [0.1, 0.15) is 11.5 Å². The first-order valence-corrected chi connectivity index (χ1v) is 9.65. The van der Waals surface area contributed by atoms with Gasteiger partial charge in [0, 0.05) is 30.0 Å². The quantitative estimate of drug-likeness (QED) is 0.742. The van der Waals surface area contributed by atoms with Crippen LogP contribution in [0.15, 0.2) is 41.8 Å². The third kappa shape index (κ3) is 3.54. The fourth-order valence-electron chi connectivity index (χ4n) is 3.16. The van der Waals surface area contributed by atoms with Crippen molar-refractivity contribution < 1.29 is 4.79 Å². The third-order valence-electron chi connectivity index (χ3n) is 4.63. The number of nitrogens with one attached hydrogen (secondary N) is 2. The van der Waals surface area contributed by atoms with Crippen LogP contribution in [0.3, 0.4) is 0 Å². The average molecular weight is 367 g/mol. The van der Waals surface area contributed by atoms with Gasteiger partial charge in [0.2, 0.25) is 0 Å². The molecule has 134 valence electrons. The van der Waals surface area contributed by atoms with Crippen LogP contribution in [-0.4, -0.2) is 33.8 Å². The summed E-state index contributed by atoms with van der Waals surface area (Å²) in [6, 6.07) is 11.8. The summed E-state index contributed by atoms with van der Waals surface area (Å²) in [5, 5.41) is 13.7. The highest BCUT2D eigenvalue weighted by Gasteiger charge is 2.21. The maximum atomic E-state index is 12.6. The maximum absolute atomic E-state index is 12.6. The van der Waals surface area contributed by atoms with E-state index in [1.54, 1.807) is 16.0 Å². The lowest BCUT2D eigenvalue weighted by molar-refractivity contribution is 0.102. The van der Waals surface area contributed by atoms with Crippen LogP contribution >= 0.6 is 11.3 Å². The minimum Gasteiger partial charge on any atom is -0.317 e. The number of carbonyl (C=O) groups excluding carboxylic acids is 1. The van der Waals surface area contributed by atoms with Gasteiger partial charge in [-0.3, -0.25) is 9.48 Å². The monoisotopic (exact) mass is 367 g/mol. The van der Waals surface area contributed by atoms with Crippen LogP contribution < -0.4 is 10.6 Å². The van der Waals surface area contributed by atoms with Gasteiger partial charge in [0.25, 0.3) is 5.91 Å². The van der Waals surface area contributed by atoms with Crippen molar-refractivity contribution in [2.45, 2.75) is 18.8 Å². The fourth-order valence-corrected chi connectivity index (χ4v) is 4.13. The highest BCUT2D eigenvalue weighted by atomic mass is 32.1. The molecule has 1 aromatic carbocycles. The Morgan fingerprint density at radius 3 is 2.81 bits per heavy atom. The van der Waals surface area contributed by atoms with Gasteiger partial charge < -0.3 is 10.6 Å². The molecule has 1 aliphatic heterocycles. The van der Waals surface area contributed by atoms with E-state index in [-0.39, 0.29) is 5.91 Å². The van der Waals surface area contributed by atoms with Crippen LogP contribution in [0.1, 0.15) is 34.3 Å². The van der Waals surface area contributed by atoms with Crippen molar-refractivity contribution >= 4 is 23.1 Å². The molecule has 1 aliphatic rings. The number of benzene rings is 1. The minimum atomic E-state index is -0.191. The van der Waals surface area contributed by atoms with E-state index in [0.717, 1.165) is 42.2 Å². The molecule has 0 atom stereocenters. The molecule has 2 N–H and O–H groups in total. The van der Waals surface area contributed by atoms with Crippen LogP contribution in [0.2, 0.25) is 0 Å². The largest absolute Gasteiger partial charge is 0.317 e. The lowest BCUT2D eigenvalue weighted by atomic mass is 9.99. The Hall–Kier alpha value is -2.51. The molecule has 6 nitrogen and oxygen atoms in total. The molecule has 1 fully saturated rings. The van der Waals surface area contributed by atoms with Crippen LogP contribution in [0.25, 0.3) is 11.3 Å². The molecule has 3 heterocycles. The Balaban J connectivity index is 1.48. The van der Waals surface area contributed by atoms with Crippen molar-refractivity contribution in [1.82, 2.24) is 20.1 Å². The molecule has 7 heteroatoms. The second kappa shape index (κ2) is 7.39. The number of aromatic nitrogens is 3. The second-order valence-corrected chi connectivity index (χ2v) is 7.34. The number of hydrogen-bond donors (Lipinski definition) is 2. The molecular weight excluding hydrogens is 346 g/mol. The molecule has 1 amide bonds. The molecule has 1 saturated heterocycles. The molecule has 26 heavy (non-hydrogen) atoms. The molecule has 2 aromatic heterocycles. The molecular formula is C19H21N5OS. The summed E-state index contributed by atoms with van der Waals surface area (Å²) >= 11 is 1.58. The predicted molar refractivity (Wildman–Crippen MR) is 104 cm³/mol. The zero-order valence-electron chi connectivity index (χ0n) is 14.6. The fraction of sp³-hybridized carbons (Fsp3) is 0.316. The summed E-state index contributed by atoms with van der Waals surface area (Å²) in [6.45, 7) is 2.03. The van der Waals surface area contributed by atoms with E-state index in [9.17, 15) is 4.79 Å². The summed E-state index contributed by atoms with van der Waals surface area (Å²) in [7, 11) is 1.82. The van der Waals surface area contributed by atoms with Crippen molar-refractivity contribution in [2.24, 2.45) is 7.05 Å². The van der Waals surface area contributed by atoms with Crippen LogP contribution in [0.4, 0.5) is 5.82 Å². The van der Waals surface area contributed by atoms with Crippen molar-refractivity contribution in [1.29, 1.82) is 0 Å². The topological polar surface area (TPSA) is 71.8 Å². The van der Waals surface area contributed by atoms with Gasteiger partial charge in [0.15, 0.2) is 0 Å². The van der Waals surface area contributed by atoms with Gasteiger partial charge >= 0.3 is 0 Å². The second-order valence-electron chi connectivity index (χ2n) is 6.45.